The summed E-state index contributed by atoms with van der Waals surface area (Å²) in [5.41, 5.74) is 0. The number of carbonyl (C=O) groups excluding carboxylic acids is 14. The highest BCUT2D eigenvalue weighted by atomic mass is 32.2. The zero-order valence-corrected chi connectivity index (χ0v) is 104. The molecule has 0 N–H and O–H groups in total. The number of ether oxygens (including phenoxy) is 8. The molecule has 0 spiro atoms. The van der Waals surface area contributed by atoms with E-state index in [4.69, 9.17) is 37.9 Å². The molecule has 0 fully saturated rings. The number of hydrogen-bond acceptors (Lipinski definition) is 28. The summed E-state index contributed by atoms with van der Waals surface area (Å²) in [7, 11) is 86.9. The van der Waals surface area contributed by atoms with Crippen LogP contribution in [0.15, 0.2) is 0 Å². The third kappa shape index (κ3) is 146. The van der Waals surface area contributed by atoms with E-state index in [9.17, 15) is 67.1 Å². The van der Waals surface area contributed by atoms with Crippen LogP contribution < -0.4 is 0 Å². The highest BCUT2D eigenvalue weighted by molar-refractivity contribution is 8.16. The molecule has 42 heteroatoms. The van der Waals surface area contributed by atoms with Crippen molar-refractivity contribution in [1.29, 1.82) is 0 Å². The van der Waals surface area contributed by atoms with E-state index in [2.05, 4.69) is 211 Å². The van der Waals surface area contributed by atoms with E-state index in [-0.39, 0.29) is 111 Å². The predicted molar refractivity (Wildman–Crippen MR) is 596 cm³/mol. The van der Waals surface area contributed by atoms with Gasteiger partial charge in [-0.1, -0.05) is 70.6 Å². The first-order valence-electron chi connectivity index (χ1n) is 50.4. The predicted octanol–water partition coefficient (Wildman–Crippen LogP) is 7.72. The van der Waals surface area contributed by atoms with Gasteiger partial charge in [-0.25, -0.2) is 0 Å². The minimum absolute atomic E-state index is 0.00352. The Kier molecular flexibility index (Phi) is 83.9. The van der Waals surface area contributed by atoms with Gasteiger partial charge in [-0.05, 0) is 38.5 Å². The number of quaternary nitrogens is 14. The van der Waals surface area contributed by atoms with Gasteiger partial charge in [-0.2, -0.15) is 0 Å². The Hall–Kier alpha value is -4.68. The molecule has 0 saturated carbocycles. The molecule has 0 unspecified atom stereocenters. The lowest BCUT2D eigenvalue weighted by molar-refractivity contribution is -0.870. The molecular weight excluding hydrogens is 1970 g/mol. The number of rotatable bonds is 67. The van der Waals surface area contributed by atoms with Gasteiger partial charge in [0.2, 0.25) is 0 Å². The normalized spacial score (nSPS) is 12.3. The van der Waals surface area contributed by atoms with Gasteiger partial charge in [-0.3, -0.25) is 67.1 Å². The van der Waals surface area contributed by atoms with Gasteiger partial charge >= 0.3 is 47.8 Å². The van der Waals surface area contributed by atoms with Crippen LogP contribution in [0.1, 0.15) is 116 Å². The monoisotopic (exact) mass is 2180 g/mol. The fourth-order valence-corrected chi connectivity index (χ4v) is 16.1. The Balaban J connectivity index is -0.000000304. The van der Waals surface area contributed by atoms with Gasteiger partial charge in [0.1, 0.15) is 112 Å². The van der Waals surface area contributed by atoms with Gasteiger partial charge < -0.3 is 101 Å². The molecule has 36 nitrogen and oxygen atoms in total. The molecule has 0 atom stereocenters. The Morgan fingerprint density at radius 3 is 0.458 bits per heavy atom. The van der Waals surface area contributed by atoms with E-state index in [1.165, 1.54) is 70.6 Å². The summed E-state index contributed by atoms with van der Waals surface area (Å²) in [5.74, 6) is 2.84. The number of unbranched alkanes of at least 4 members (excludes halogenated alkanes) is 2. The number of thioether (sulfide) groups is 6. The molecule has 0 amide bonds. The first-order valence-corrected chi connectivity index (χ1v) is 56.3. The second-order valence-corrected chi connectivity index (χ2v) is 57.2. The Morgan fingerprint density at radius 2 is 0.271 bits per heavy atom. The lowest BCUT2D eigenvalue weighted by Crippen LogP contribution is -2.38. The molecule has 144 heavy (non-hydrogen) atoms. The molecule has 0 bridgehead atoms. The van der Waals surface area contributed by atoms with Crippen LogP contribution >= 0.6 is 70.6 Å². The van der Waals surface area contributed by atoms with Crippen molar-refractivity contribution in [1.82, 2.24) is 0 Å². The SMILES string of the molecule is C[N+](C)(C)CCOC(=O)CC(=O)SCC[N+](C)(C)C.C[N+](C)(C)CCOC(=O)CCC(=O)SCC[N+](C)(C)C.C[N+](C)(C)CCOC(=O)CCCC(=O)OCC[N+](C)(C)C.C[N+](C)(C)CCOC(=O)CCCC(=O)SCC[N+](C)(C)C.C[N+](C)(C)CCOC(=O)CCCCC(=O)OCC[N+](C)(C)C.C[N+](C)(C)CCOC(=O)CCCCC(=O)SCC[N+](C)(C)C.C[N+](C)(C)CCSC(=O)CC(=O)SCC[N+](C)(C)C. The summed E-state index contributed by atoms with van der Waals surface area (Å²) in [6.07, 6.45) is 7.27. The van der Waals surface area contributed by atoms with Gasteiger partial charge in [0, 0.05) is 57.8 Å². The molecule has 0 aliphatic rings. The van der Waals surface area contributed by atoms with Crippen molar-refractivity contribution in [2.75, 3.05) is 475 Å². The number of esters is 8. The summed E-state index contributed by atoms with van der Waals surface area (Å²) >= 11 is 7.85. The van der Waals surface area contributed by atoms with Crippen LogP contribution in [0.2, 0.25) is 0 Å². The summed E-state index contributed by atoms with van der Waals surface area (Å²) in [4.78, 5) is 162. The fraction of sp³-hybridized carbons (Fsp3) is 0.863. The second kappa shape index (κ2) is 79.3. The van der Waals surface area contributed by atoms with Crippen molar-refractivity contribution in [2.45, 2.75) is 116 Å². The molecule has 0 rings (SSSR count). The molecule has 0 aliphatic heterocycles. The lowest BCUT2D eigenvalue weighted by atomic mass is 10.2. The van der Waals surface area contributed by atoms with E-state index in [1.54, 1.807) is 0 Å². The molecule has 0 aromatic rings. The first kappa shape index (κ1) is 152. The second-order valence-electron chi connectivity index (χ2n) is 50.3. The molecule has 0 aromatic carbocycles. The minimum Gasteiger partial charge on any atom is -0.460 e. The highest BCUT2D eigenvalue weighted by Gasteiger charge is 2.24. The quantitative estimate of drug-likeness (QED) is 0.0185. The van der Waals surface area contributed by atoms with Crippen molar-refractivity contribution in [2.24, 2.45) is 0 Å². The van der Waals surface area contributed by atoms with E-state index in [0.717, 1.165) is 202 Å². The average Bonchev–Trinajstić information content (AvgIpc) is 0.875. The standard InChI is InChI=1S/C16H34N2O4.C16H34N2O3S.C15H32N2O4.C15H32N2O3S.C14H30N2O3S.C13H28N2O3S.C13H28N2O2S2/c2*1-17(2,3)11-13-21-15(19)9-7-8-10-16(20)22-14-12-18(4,5)6;2*1-16(2,3)10-12-20-14(18)8-7-9-15(19)21-13-11-17(4,5)6;1-15(2,3)9-11-19-13(17)7-8-14(18)20-12-10-16(4,5)6;2*1-14(2,3)7-9-18-12(16)11-13(17)19-10-8-15(4,5)6/h2*7-14H2,1-6H3;2*7-13H2,1-6H3;7-12H2,1-6H3;2*7-11H2,1-6H3/q7*+2. The van der Waals surface area contributed by atoms with Gasteiger partial charge in [0.15, 0.2) is 30.7 Å². The topological polar surface area (TPSA) is 313 Å². The van der Waals surface area contributed by atoms with Crippen molar-refractivity contribution >= 4 is 149 Å². The summed E-state index contributed by atoms with van der Waals surface area (Å²) in [5, 5.41) is 0.354. The van der Waals surface area contributed by atoms with Gasteiger partial charge in [-0.15, -0.1) is 0 Å². The molecule has 0 aromatic heterocycles. The number of nitrogens with zero attached hydrogens (tertiary/aromatic N) is 14. The fourth-order valence-electron chi connectivity index (χ4n) is 9.26. The largest absolute Gasteiger partial charge is 0.460 e. The minimum atomic E-state index is -0.420. The smallest absolute Gasteiger partial charge is 0.314 e. The molecule has 0 saturated heterocycles. The maximum absolute atomic E-state index is 11.7. The van der Waals surface area contributed by atoms with Crippen LogP contribution in [0.3, 0.4) is 0 Å². The zero-order chi connectivity index (χ0) is 114. The Morgan fingerprint density at radius 1 is 0.139 bits per heavy atom. The van der Waals surface area contributed by atoms with E-state index in [0.29, 0.717) is 117 Å². The summed E-state index contributed by atoms with van der Waals surface area (Å²) in [6.45, 7) is 15.3. The highest BCUT2D eigenvalue weighted by Crippen LogP contribution is 2.18. The van der Waals surface area contributed by atoms with Crippen molar-refractivity contribution < 1.29 is 168 Å². The van der Waals surface area contributed by atoms with Crippen molar-refractivity contribution in [3.8, 4) is 0 Å². The third-order valence-corrected chi connectivity index (χ3v) is 24.3. The van der Waals surface area contributed by atoms with Crippen molar-refractivity contribution in [3.05, 3.63) is 0 Å². The number of hydrogen-bond donors (Lipinski definition) is 0. The summed E-state index contributed by atoms with van der Waals surface area (Å²) < 4.78 is 52.2. The van der Waals surface area contributed by atoms with Crippen LogP contribution in [0.4, 0.5) is 0 Å². The number of likely N-dealkylation sites (N-methyl/N-ethyl adjacent to an activating group) is 8. The first-order chi connectivity index (χ1) is 65.0. The molecule has 850 valence electrons. The van der Waals surface area contributed by atoms with Crippen molar-refractivity contribution in [3.63, 3.8) is 0 Å². The Bertz CT molecular complexity index is 3150. The zero-order valence-electron chi connectivity index (χ0n) is 99.2. The maximum Gasteiger partial charge on any atom is 0.314 e. The van der Waals surface area contributed by atoms with Crippen LogP contribution in [-0.4, -0.2) is 616 Å². The van der Waals surface area contributed by atoms with E-state index in [1.807, 2.05) is 84.6 Å². The van der Waals surface area contributed by atoms with E-state index >= 15 is 0 Å². The van der Waals surface area contributed by atoms with Crippen LogP contribution in [0.25, 0.3) is 0 Å². The lowest BCUT2D eigenvalue weighted by Gasteiger charge is -2.23. The Labute approximate surface area is 901 Å². The average molecular weight is 2190 g/mol. The van der Waals surface area contributed by atoms with Gasteiger partial charge in [0.25, 0.3) is 0 Å². The maximum atomic E-state index is 11.7. The summed E-state index contributed by atoms with van der Waals surface area (Å²) in [6, 6.07) is 0. The molecular formula is C102H218N14O22S6+14. The molecule has 0 heterocycles. The van der Waals surface area contributed by atoms with E-state index < -0.39 is 5.97 Å². The molecule has 0 aliphatic carbocycles. The number of carbonyl (C=O) groups is 14. The third-order valence-electron chi connectivity index (χ3n) is 19.0. The molecule has 0 radical (unpaired) electrons. The van der Waals surface area contributed by atoms with Crippen LogP contribution in [0.5, 0.6) is 0 Å². The van der Waals surface area contributed by atoms with Crippen LogP contribution in [-0.2, 0) is 105 Å². The van der Waals surface area contributed by atoms with Gasteiger partial charge in [0.05, 0.1) is 383 Å². The van der Waals surface area contributed by atoms with Crippen LogP contribution in [0, 0.1) is 0 Å².